The van der Waals surface area contributed by atoms with Crippen LogP contribution in [0.25, 0.3) is 110 Å². The van der Waals surface area contributed by atoms with Crippen molar-refractivity contribution in [2.45, 2.75) is 0 Å². The Morgan fingerprint density at radius 2 is 1.14 bits per heavy atom. The second-order valence-corrected chi connectivity index (χ2v) is 12.9. The quantitative estimate of drug-likeness (QED) is 0.192. The number of hydrogen-bond acceptors (Lipinski definition) is 3. The lowest BCUT2D eigenvalue weighted by molar-refractivity contribution is 0.662. The molecule has 226 valence electrons. The largest absolute Gasteiger partial charge is 0.450 e. The van der Waals surface area contributed by atoms with Crippen LogP contribution in [0.15, 0.2) is 150 Å². The topological polar surface area (TPSA) is 48.3 Å². The van der Waals surface area contributed by atoms with Crippen molar-refractivity contribution in [3.05, 3.63) is 146 Å². The van der Waals surface area contributed by atoms with E-state index in [1.54, 1.807) is 0 Å². The third-order valence-electron chi connectivity index (χ3n) is 10.4. The van der Waals surface area contributed by atoms with E-state index in [-0.39, 0.29) is 0 Å². The third kappa shape index (κ3) is 3.15. The maximum Gasteiger partial charge on any atom is 0.197 e. The zero-order valence-corrected chi connectivity index (χ0v) is 26.1. The molecular formula is C44H24N4O. The van der Waals surface area contributed by atoms with Crippen LogP contribution in [0, 0.1) is 0 Å². The Labute approximate surface area is 278 Å². The fourth-order valence-corrected chi connectivity index (χ4v) is 8.42. The summed E-state index contributed by atoms with van der Waals surface area (Å²) in [5, 5.41) is 10.6. The Balaban J connectivity index is 1.40. The molecule has 5 heteroatoms. The Kier molecular flexibility index (Phi) is 4.66. The third-order valence-corrected chi connectivity index (χ3v) is 10.4. The van der Waals surface area contributed by atoms with Gasteiger partial charge < -0.3 is 8.82 Å². The molecule has 0 N–H and O–H groups in total. The van der Waals surface area contributed by atoms with E-state index in [9.17, 15) is 0 Å². The molecule has 0 atom stereocenters. The Morgan fingerprint density at radius 3 is 2.00 bits per heavy atom. The number of benzene rings is 7. The first-order valence-corrected chi connectivity index (χ1v) is 16.6. The SMILES string of the molecule is c1ccc(-c2nc(-n3c4c5ccccc5ccc4c4cc5c6ccccc6n6c7ccccc7c(c43)c56)c3oc4ccccc4c3n2)cc1. The average molecular weight is 625 g/mol. The molecule has 5 heterocycles. The van der Waals surface area contributed by atoms with Crippen LogP contribution in [-0.2, 0) is 0 Å². The molecule has 0 spiro atoms. The molecule has 0 radical (unpaired) electrons. The molecule has 0 unspecified atom stereocenters. The van der Waals surface area contributed by atoms with Crippen molar-refractivity contribution in [2.24, 2.45) is 0 Å². The summed E-state index contributed by atoms with van der Waals surface area (Å²) in [6.45, 7) is 0. The summed E-state index contributed by atoms with van der Waals surface area (Å²) in [5.41, 5.74) is 9.09. The monoisotopic (exact) mass is 624 g/mol. The summed E-state index contributed by atoms with van der Waals surface area (Å²) < 4.78 is 11.6. The van der Waals surface area contributed by atoms with Gasteiger partial charge in [-0.3, -0.25) is 4.57 Å². The maximum atomic E-state index is 6.75. The molecule has 0 aliphatic heterocycles. The normalized spacial score (nSPS) is 12.5. The molecule has 0 bridgehead atoms. The van der Waals surface area contributed by atoms with Crippen LogP contribution < -0.4 is 0 Å². The van der Waals surface area contributed by atoms with Crippen LogP contribution >= 0.6 is 0 Å². The molecule has 0 aliphatic carbocycles. The zero-order valence-electron chi connectivity index (χ0n) is 26.1. The van der Waals surface area contributed by atoms with E-state index >= 15 is 0 Å². The Morgan fingerprint density at radius 1 is 0.469 bits per heavy atom. The first-order valence-electron chi connectivity index (χ1n) is 16.6. The van der Waals surface area contributed by atoms with Crippen LogP contribution in [0.1, 0.15) is 0 Å². The van der Waals surface area contributed by atoms with Crippen molar-refractivity contribution in [1.82, 2.24) is 18.9 Å². The van der Waals surface area contributed by atoms with Gasteiger partial charge in [0.2, 0.25) is 0 Å². The molecule has 0 saturated heterocycles. The minimum Gasteiger partial charge on any atom is -0.450 e. The summed E-state index contributed by atoms with van der Waals surface area (Å²) in [6, 6.07) is 51.6. The van der Waals surface area contributed by atoms with E-state index in [0.29, 0.717) is 11.4 Å². The van der Waals surface area contributed by atoms with Gasteiger partial charge in [-0.2, -0.15) is 0 Å². The van der Waals surface area contributed by atoms with E-state index in [1.165, 1.54) is 54.3 Å². The van der Waals surface area contributed by atoms with Crippen LogP contribution in [0.4, 0.5) is 0 Å². The smallest absolute Gasteiger partial charge is 0.197 e. The van der Waals surface area contributed by atoms with Crippen molar-refractivity contribution in [2.75, 3.05) is 0 Å². The summed E-state index contributed by atoms with van der Waals surface area (Å²) in [5.74, 6) is 1.40. The number of rotatable bonds is 2. The van der Waals surface area contributed by atoms with Crippen molar-refractivity contribution >= 4 is 92.7 Å². The molecule has 0 aliphatic rings. The summed E-state index contributed by atoms with van der Waals surface area (Å²) in [6.07, 6.45) is 0. The Hall–Kier alpha value is -6.72. The first kappa shape index (κ1) is 25.4. The first-order chi connectivity index (χ1) is 24.3. The lowest BCUT2D eigenvalue weighted by Crippen LogP contribution is -2.02. The van der Waals surface area contributed by atoms with Gasteiger partial charge in [-0.15, -0.1) is 0 Å². The molecule has 5 aromatic heterocycles. The second kappa shape index (κ2) is 9.00. The lowest BCUT2D eigenvalue weighted by atomic mass is 10.0. The van der Waals surface area contributed by atoms with Gasteiger partial charge in [0.1, 0.15) is 11.1 Å². The molecule has 0 amide bonds. The van der Waals surface area contributed by atoms with E-state index in [2.05, 4.69) is 118 Å². The van der Waals surface area contributed by atoms with E-state index in [4.69, 9.17) is 14.4 Å². The van der Waals surface area contributed by atoms with Gasteiger partial charge in [0.25, 0.3) is 0 Å². The van der Waals surface area contributed by atoms with E-state index in [0.717, 1.165) is 44.3 Å². The van der Waals surface area contributed by atoms with E-state index in [1.807, 2.05) is 36.4 Å². The number of fused-ring (bicyclic) bond motifs is 15. The summed E-state index contributed by atoms with van der Waals surface area (Å²) >= 11 is 0. The van der Waals surface area contributed by atoms with Gasteiger partial charge in [-0.05, 0) is 35.7 Å². The predicted molar refractivity (Wildman–Crippen MR) is 201 cm³/mol. The fraction of sp³-hybridized carbons (Fsp3) is 0. The standard InChI is InChI=1S/C44H24N4O/c1-2-13-26(14-3-1)43-45-38-31-18-8-11-21-36(31)49-42(38)44(46-43)48-39-27-15-5-4-12-25(27)22-23-29(39)33-24-32-28-16-6-9-19-34(28)47-35-20-10-7-17-30(35)37(40(32)47)41(33)48/h1-24H. The summed E-state index contributed by atoms with van der Waals surface area (Å²) in [7, 11) is 0. The summed E-state index contributed by atoms with van der Waals surface area (Å²) in [4.78, 5) is 10.6. The van der Waals surface area contributed by atoms with Gasteiger partial charge in [-0.1, -0.05) is 115 Å². The van der Waals surface area contributed by atoms with Gasteiger partial charge >= 0.3 is 0 Å². The highest BCUT2D eigenvalue weighted by atomic mass is 16.3. The highest BCUT2D eigenvalue weighted by Gasteiger charge is 2.28. The molecular weight excluding hydrogens is 601 g/mol. The van der Waals surface area contributed by atoms with Crippen molar-refractivity contribution in [3.8, 4) is 17.2 Å². The number of hydrogen-bond donors (Lipinski definition) is 0. The van der Waals surface area contributed by atoms with E-state index < -0.39 is 0 Å². The van der Waals surface area contributed by atoms with Gasteiger partial charge in [0.15, 0.2) is 17.2 Å². The minimum absolute atomic E-state index is 0.664. The average Bonchev–Trinajstić information content (AvgIpc) is 3.90. The second-order valence-electron chi connectivity index (χ2n) is 12.9. The number of para-hydroxylation sites is 3. The molecule has 49 heavy (non-hydrogen) atoms. The minimum atomic E-state index is 0.664. The van der Waals surface area contributed by atoms with Gasteiger partial charge in [-0.25, -0.2) is 9.97 Å². The number of aromatic nitrogens is 4. The Bertz CT molecular complexity index is 3330. The van der Waals surface area contributed by atoms with Crippen molar-refractivity contribution in [1.29, 1.82) is 0 Å². The number of furan rings is 1. The molecule has 5 nitrogen and oxygen atoms in total. The van der Waals surface area contributed by atoms with Crippen molar-refractivity contribution in [3.63, 3.8) is 0 Å². The van der Waals surface area contributed by atoms with Gasteiger partial charge in [0.05, 0.1) is 27.6 Å². The van der Waals surface area contributed by atoms with Crippen molar-refractivity contribution < 1.29 is 4.42 Å². The molecule has 12 rings (SSSR count). The van der Waals surface area contributed by atoms with Crippen LogP contribution in [0.3, 0.4) is 0 Å². The molecule has 0 fully saturated rings. The van der Waals surface area contributed by atoms with Crippen LogP contribution in [-0.4, -0.2) is 18.9 Å². The highest BCUT2D eigenvalue weighted by Crippen LogP contribution is 2.48. The molecule has 12 aromatic rings. The highest BCUT2D eigenvalue weighted by molar-refractivity contribution is 6.35. The lowest BCUT2D eigenvalue weighted by Gasteiger charge is -2.12. The fourth-order valence-electron chi connectivity index (χ4n) is 8.42. The molecule has 0 saturated carbocycles. The van der Waals surface area contributed by atoms with Gasteiger partial charge in [0, 0.05) is 48.7 Å². The maximum absolute atomic E-state index is 6.75. The van der Waals surface area contributed by atoms with Crippen LogP contribution in [0.5, 0.6) is 0 Å². The number of nitrogens with zero attached hydrogens (tertiary/aromatic N) is 4. The van der Waals surface area contributed by atoms with Crippen LogP contribution in [0.2, 0.25) is 0 Å². The molecule has 7 aromatic carbocycles. The zero-order chi connectivity index (χ0) is 31.8. The predicted octanol–water partition coefficient (Wildman–Crippen LogP) is 11.4.